The Morgan fingerprint density at radius 1 is 0.837 bits per heavy atom. The number of aromatic nitrogens is 7. The number of hydrogen-bond donors (Lipinski definition) is 1. The lowest BCUT2D eigenvalue weighted by Crippen LogP contribution is -2.17. The number of para-hydroxylation sites is 1. The summed E-state index contributed by atoms with van der Waals surface area (Å²) in [6.45, 7) is 12.3. The van der Waals surface area contributed by atoms with Crippen molar-refractivity contribution < 1.29 is 4.79 Å². The summed E-state index contributed by atoms with van der Waals surface area (Å²) in [7, 11) is 0. The minimum absolute atomic E-state index is 0.219. The van der Waals surface area contributed by atoms with E-state index in [1.165, 1.54) is 0 Å². The first-order chi connectivity index (χ1) is 20.6. The summed E-state index contributed by atoms with van der Waals surface area (Å²) in [6, 6.07) is 25.6. The second-order valence-electron chi connectivity index (χ2n) is 11.8. The van der Waals surface area contributed by atoms with Gasteiger partial charge in [0.2, 0.25) is 0 Å². The number of amides is 1. The van der Waals surface area contributed by atoms with Gasteiger partial charge in [-0.05, 0) is 68.8 Å². The van der Waals surface area contributed by atoms with Crippen LogP contribution in [0.2, 0.25) is 0 Å². The van der Waals surface area contributed by atoms with Crippen molar-refractivity contribution in [2.75, 3.05) is 5.32 Å². The van der Waals surface area contributed by atoms with Crippen molar-refractivity contribution in [1.29, 1.82) is 0 Å². The largest absolute Gasteiger partial charge is 0.321 e. The van der Waals surface area contributed by atoms with Gasteiger partial charge in [-0.25, -0.2) is 14.0 Å². The van der Waals surface area contributed by atoms with E-state index in [4.69, 9.17) is 5.10 Å². The van der Waals surface area contributed by atoms with Gasteiger partial charge in [-0.3, -0.25) is 4.79 Å². The molecule has 3 heterocycles. The number of aryl methyl sites for hydroxylation is 2. The molecule has 9 nitrogen and oxygen atoms in total. The van der Waals surface area contributed by atoms with Gasteiger partial charge < -0.3 is 5.32 Å². The zero-order valence-corrected chi connectivity index (χ0v) is 25.2. The smallest absolute Gasteiger partial charge is 0.274 e. The van der Waals surface area contributed by atoms with Gasteiger partial charge in [-0.15, -0.1) is 5.10 Å². The zero-order valence-electron chi connectivity index (χ0n) is 25.2. The first kappa shape index (κ1) is 27.8. The SMILES string of the molecule is Cc1ccc(-n2nc(C(C)(C)C)cc2C(=O)Nc2ccc(C)c(-n3cc(-c4cnn(-c5ccccc5)c4C)nn3)c2)cc1. The van der Waals surface area contributed by atoms with Crippen LogP contribution in [0.4, 0.5) is 5.69 Å². The van der Waals surface area contributed by atoms with E-state index in [2.05, 4.69) is 41.5 Å². The van der Waals surface area contributed by atoms with Crippen molar-refractivity contribution in [3.05, 3.63) is 119 Å². The third kappa shape index (κ3) is 5.49. The molecule has 0 bridgehead atoms. The molecule has 0 saturated heterocycles. The summed E-state index contributed by atoms with van der Waals surface area (Å²) in [5.74, 6) is -0.249. The predicted molar refractivity (Wildman–Crippen MR) is 168 cm³/mol. The molecular weight excluding hydrogens is 536 g/mol. The molecule has 3 aromatic carbocycles. The van der Waals surface area contributed by atoms with Crippen molar-refractivity contribution in [3.63, 3.8) is 0 Å². The first-order valence-corrected chi connectivity index (χ1v) is 14.2. The molecule has 6 rings (SSSR count). The number of anilines is 1. The average molecular weight is 571 g/mol. The van der Waals surface area contributed by atoms with Crippen molar-refractivity contribution in [1.82, 2.24) is 34.6 Å². The monoisotopic (exact) mass is 570 g/mol. The summed E-state index contributed by atoms with van der Waals surface area (Å²) >= 11 is 0. The highest BCUT2D eigenvalue weighted by molar-refractivity contribution is 6.03. The number of hydrogen-bond acceptors (Lipinski definition) is 5. The second kappa shape index (κ2) is 10.8. The lowest BCUT2D eigenvalue weighted by Gasteiger charge is -2.14. The predicted octanol–water partition coefficient (Wildman–Crippen LogP) is 6.78. The van der Waals surface area contributed by atoms with Crippen molar-refractivity contribution in [3.8, 4) is 28.3 Å². The summed E-state index contributed by atoms with van der Waals surface area (Å²) in [5.41, 5.74) is 9.06. The minimum Gasteiger partial charge on any atom is -0.321 e. The molecule has 0 radical (unpaired) electrons. The molecule has 0 unspecified atom stereocenters. The fourth-order valence-corrected chi connectivity index (χ4v) is 4.92. The Kier molecular flexibility index (Phi) is 7.01. The Morgan fingerprint density at radius 2 is 1.56 bits per heavy atom. The van der Waals surface area contributed by atoms with Gasteiger partial charge in [-0.1, -0.05) is 67.9 Å². The molecule has 1 amide bonds. The molecule has 0 fully saturated rings. The first-order valence-electron chi connectivity index (χ1n) is 14.2. The van der Waals surface area contributed by atoms with Gasteiger partial charge >= 0.3 is 0 Å². The topological polar surface area (TPSA) is 95.5 Å². The van der Waals surface area contributed by atoms with E-state index in [0.29, 0.717) is 17.1 Å². The van der Waals surface area contributed by atoms with Crippen LogP contribution in [0.25, 0.3) is 28.3 Å². The Labute approximate surface area is 250 Å². The van der Waals surface area contributed by atoms with Crippen LogP contribution in [0.5, 0.6) is 0 Å². The molecule has 0 saturated carbocycles. The number of benzene rings is 3. The molecule has 6 aromatic rings. The Balaban J connectivity index is 1.29. The van der Waals surface area contributed by atoms with Crippen molar-refractivity contribution in [2.45, 2.75) is 47.0 Å². The van der Waals surface area contributed by atoms with E-state index in [0.717, 1.165) is 45.1 Å². The molecule has 0 spiro atoms. The summed E-state index contributed by atoms with van der Waals surface area (Å²) in [5, 5.41) is 21.3. The van der Waals surface area contributed by atoms with Crippen molar-refractivity contribution >= 4 is 11.6 Å². The Hall–Kier alpha value is -5.31. The lowest BCUT2D eigenvalue weighted by atomic mass is 9.92. The van der Waals surface area contributed by atoms with Gasteiger partial charge in [-0.2, -0.15) is 10.2 Å². The van der Waals surface area contributed by atoms with Crippen LogP contribution in [-0.4, -0.2) is 40.5 Å². The summed E-state index contributed by atoms with van der Waals surface area (Å²) in [4.78, 5) is 13.7. The minimum atomic E-state index is -0.249. The molecule has 43 heavy (non-hydrogen) atoms. The molecule has 0 atom stereocenters. The number of rotatable bonds is 6. The molecule has 0 aliphatic rings. The van der Waals surface area contributed by atoms with E-state index in [1.807, 2.05) is 117 Å². The number of carbonyl (C=O) groups is 1. The Bertz CT molecular complexity index is 1920. The van der Waals surface area contributed by atoms with Crippen LogP contribution in [0, 0.1) is 20.8 Å². The van der Waals surface area contributed by atoms with Gasteiger partial charge in [0.05, 0.1) is 40.8 Å². The molecular formula is C34H34N8O. The highest BCUT2D eigenvalue weighted by Crippen LogP contribution is 2.27. The summed E-state index contributed by atoms with van der Waals surface area (Å²) < 4.78 is 5.34. The van der Waals surface area contributed by atoms with E-state index in [9.17, 15) is 4.79 Å². The van der Waals surface area contributed by atoms with Gasteiger partial charge in [0.1, 0.15) is 11.4 Å². The maximum atomic E-state index is 13.7. The number of nitrogens with zero attached hydrogens (tertiary/aromatic N) is 7. The highest BCUT2D eigenvalue weighted by Gasteiger charge is 2.24. The lowest BCUT2D eigenvalue weighted by molar-refractivity contribution is 0.101. The van der Waals surface area contributed by atoms with Gasteiger partial charge in [0, 0.05) is 16.7 Å². The van der Waals surface area contributed by atoms with E-state index < -0.39 is 0 Å². The highest BCUT2D eigenvalue weighted by atomic mass is 16.2. The van der Waals surface area contributed by atoms with Gasteiger partial charge in [0.25, 0.3) is 5.91 Å². The van der Waals surface area contributed by atoms with E-state index in [-0.39, 0.29) is 11.3 Å². The molecule has 0 aliphatic carbocycles. The van der Waals surface area contributed by atoms with Crippen LogP contribution in [0.3, 0.4) is 0 Å². The molecule has 1 N–H and O–H groups in total. The average Bonchev–Trinajstić information content (AvgIpc) is 3.73. The Morgan fingerprint density at radius 3 is 2.28 bits per heavy atom. The summed E-state index contributed by atoms with van der Waals surface area (Å²) in [6.07, 6.45) is 3.69. The van der Waals surface area contributed by atoms with Crippen LogP contribution < -0.4 is 5.32 Å². The van der Waals surface area contributed by atoms with Crippen LogP contribution >= 0.6 is 0 Å². The number of nitrogens with one attached hydrogen (secondary N) is 1. The number of carbonyl (C=O) groups excluding carboxylic acids is 1. The van der Waals surface area contributed by atoms with Crippen LogP contribution in [0.1, 0.15) is 53.8 Å². The molecule has 0 aliphatic heterocycles. The van der Waals surface area contributed by atoms with E-state index in [1.54, 1.807) is 9.36 Å². The fraction of sp³-hybridized carbons (Fsp3) is 0.206. The van der Waals surface area contributed by atoms with Crippen molar-refractivity contribution in [2.24, 2.45) is 0 Å². The third-order valence-electron chi connectivity index (χ3n) is 7.48. The second-order valence-corrected chi connectivity index (χ2v) is 11.8. The van der Waals surface area contributed by atoms with Crippen LogP contribution in [-0.2, 0) is 5.41 Å². The molecule has 216 valence electrons. The normalized spacial score (nSPS) is 11.6. The maximum Gasteiger partial charge on any atom is 0.274 e. The molecule has 3 aromatic heterocycles. The van der Waals surface area contributed by atoms with E-state index >= 15 is 0 Å². The quantitative estimate of drug-likeness (QED) is 0.238. The zero-order chi connectivity index (χ0) is 30.3. The maximum absolute atomic E-state index is 13.7. The third-order valence-corrected chi connectivity index (χ3v) is 7.48. The standard InChI is InChI=1S/C34H34N8O/c1-22-12-16-27(17-13-22)42-31(19-32(38-42)34(4,5)6)33(43)36-25-15-14-23(2)30(18-25)40-21-29(37-39-40)28-20-35-41(24(28)3)26-10-8-7-9-11-26/h7-21H,1-6H3,(H,36,43). The fourth-order valence-electron chi connectivity index (χ4n) is 4.92. The van der Waals surface area contributed by atoms with Crippen LogP contribution in [0.15, 0.2) is 91.3 Å². The van der Waals surface area contributed by atoms with Gasteiger partial charge in [0.15, 0.2) is 0 Å². The molecule has 9 heteroatoms.